The molecule has 3 aromatic rings. The van der Waals surface area contributed by atoms with Crippen molar-refractivity contribution in [3.8, 4) is 0 Å². The van der Waals surface area contributed by atoms with Crippen molar-refractivity contribution in [2.75, 3.05) is 13.1 Å². The number of nitrogens with zero attached hydrogens (tertiary/aromatic N) is 6. The number of para-hydroxylation sites is 2. The Morgan fingerprint density at radius 2 is 2.13 bits per heavy atom. The molecule has 0 radical (unpaired) electrons. The summed E-state index contributed by atoms with van der Waals surface area (Å²) >= 11 is 0. The monoisotopic (exact) mass is 310 g/mol. The Morgan fingerprint density at radius 1 is 1.22 bits per heavy atom. The lowest BCUT2D eigenvalue weighted by atomic mass is 10.2. The topological polar surface area (TPSA) is 51.8 Å². The van der Waals surface area contributed by atoms with Crippen molar-refractivity contribution < 1.29 is 0 Å². The zero-order chi connectivity index (χ0) is 15.6. The molecule has 0 saturated carbocycles. The van der Waals surface area contributed by atoms with Crippen LogP contribution in [-0.2, 0) is 13.1 Å². The molecule has 0 bridgehead atoms. The highest BCUT2D eigenvalue weighted by molar-refractivity contribution is 5.76. The third kappa shape index (κ3) is 2.63. The van der Waals surface area contributed by atoms with E-state index in [1.165, 1.54) is 24.2 Å². The van der Waals surface area contributed by atoms with Crippen molar-refractivity contribution in [3.63, 3.8) is 0 Å². The first-order valence-electron chi connectivity index (χ1n) is 8.38. The molecule has 0 aliphatic carbocycles. The third-order valence-electron chi connectivity index (χ3n) is 4.74. The largest absolute Gasteiger partial charge is 0.327 e. The minimum absolute atomic E-state index is 0.408. The predicted octanol–water partition coefficient (Wildman–Crippen LogP) is 2.48. The van der Waals surface area contributed by atoms with Gasteiger partial charge in [-0.15, -0.1) is 0 Å². The molecule has 1 aromatic carbocycles. The van der Waals surface area contributed by atoms with Crippen LogP contribution in [0.25, 0.3) is 11.0 Å². The van der Waals surface area contributed by atoms with Crippen molar-refractivity contribution in [2.45, 2.75) is 38.9 Å². The number of aromatic nitrogens is 5. The van der Waals surface area contributed by atoms with Crippen molar-refractivity contribution in [3.05, 3.63) is 42.7 Å². The standard InChI is InChI=1S/C17H22N6/c1-2-23-15-7-4-3-6-14(15)20-17(23)16-8-5-9-21(16)10-11-22-13-18-12-19-22/h3-4,6-7,12-13,16H,2,5,8-11H2,1H3. The average Bonchev–Trinajstić information content (AvgIpc) is 3.31. The number of hydrogen-bond acceptors (Lipinski definition) is 4. The predicted molar refractivity (Wildman–Crippen MR) is 89.0 cm³/mol. The van der Waals surface area contributed by atoms with Crippen LogP contribution in [0, 0.1) is 0 Å². The van der Waals surface area contributed by atoms with Gasteiger partial charge in [0, 0.05) is 13.1 Å². The SMILES string of the molecule is CCn1c(C2CCCN2CCn2cncn2)nc2ccccc21. The first-order chi connectivity index (χ1) is 11.4. The molecule has 1 atom stereocenters. The molecule has 1 saturated heterocycles. The van der Waals surface area contributed by atoms with Crippen molar-refractivity contribution in [1.82, 2.24) is 29.2 Å². The Kier molecular flexibility index (Phi) is 3.83. The van der Waals surface area contributed by atoms with Gasteiger partial charge >= 0.3 is 0 Å². The molecule has 1 unspecified atom stereocenters. The Hall–Kier alpha value is -2.21. The highest BCUT2D eigenvalue weighted by Gasteiger charge is 2.29. The van der Waals surface area contributed by atoms with Gasteiger partial charge in [0.25, 0.3) is 0 Å². The van der Waals surface area contributed by atoms with Gasteiger partial charge in [-0.25, -0.2) is 9.97 Å². The van der Waals surface area contributed by atoms with E-state index in [2.05, 4.69) is 50.7 Å². The van der Waals surface area contributed by atoms with Gasteiger partial charge in [-0.05, 0) is 38.4 Å². The van der Waals surface area contributed by atoms with Gasteiger partial charge in [0.05, 0.1) is 23.6 Å². The van der Waals surface area contributed by atoms with Gasteiger partial charge in [0.15, 0.2) is 0 Å². The van der Waals surface area contributed by atoms with E-state index in [-0.39, 0.29) is 0 Å². The highest BCUT2D eigenvalue weighted by Crippen LogP contribution is 2.33. The molecule has 3 heterocycles. The number of aryl methyl sites for hydroxylation is 1. The summed E-state index contributed by atoms with van der Waals surface area (Å²) in [5.41, 5.74) is 2.35. The van der Waals surface area contributed by atoms with Crippen LogP contribution in [-0.4, -0.2) is 42.3 Å². The van der Waals surface area contributed by atoms with Crippen LogP contribution in [0.4, 0.5) is 0 Å². The number of hydrogen-bond donors (Lipinski definition) is 0. The van der Waals surface area contributed by atoms with Gasteiger partial charge in [0.2, 0.25) is 0 Å². The lowest BCUT2D eigenvalue weighted by molar-refractivity contribution is 0.231. The molecule has 1 aliphatic heterocycles. The van der Waals surface area contributed by atoms with Crippen molar-refractivity contribution >= 4 is 11.0 Å². The van der Waals surface area contributed by atoms with Crippen LogP contribution in [0.2, 0.25) is 0 Å². The van der Waals surface area contributed by atoms with E-state index in [0.29, 0.717) is 6.04 Å². The normalized spacial score (nSPS) is 18.9. The maximum Gasteiger partial charge on any atom is 0.137 e. The Bertz CT molecular complexity index is 776. The van der Waals surface area contributed by atoms with Gasteiger partial charge in [-0.2, -0.15) is 5.10 Å². The summed E-state index contributed by atoms with van der Waals surface area (Å²) in [7, 11) is 0. The maximum atomic E-state index is 4.95. The first-order valence-corrected chi connectivity index (χ1v) is 8.38. The molecule has 6 nitrogen and oxygen atoms in total. The molecule has 4 rings (SSSR count). The zero-order valence-corrected chi connectivity index (χ0v) is 13.5. The third-order valence-corrected chi connectivity index (χ3v) is 4.74. The minimum Gasteiger partial charge on any atom is -0.327 e. The quantitative estimate of drug-likeness (QED) is 0.726. The molecule has 1 aliphatic rings. The Labute approximate surface area is 135 Å². The Morgan fingerprint density at radius 3 is 2.96 bits per heavy atom. The highest BCUT2D eigenvalue weighted by atomic mass is 15.3. The molecule has 2 aromatic heterocycles. The van der Waals surface area contributed by atoms with Gasteiger partial charge in [-0.3, -0.25) is 9.58 Å². The summed E-state index contributed by atoms with van der Waals surface area (Å²) < 4.78 is 4.27. The minimum atomic E-state index is 0.408. The second-order valence-electron chi connectivity index (χ2n) is 6.06. The van der Waals surface area contributed by atoms with E-state index in [0.717, 1.165) is 31.7 Å². The van der Waals surface area contributed by atoms with E-state index in [1.54, 1.807) is 12.7 Å². The fourth-order valence-electron chi connectivity index (χ4n) is 3.65. The van der Waals surface area contributed by atoms with E-state index in [9.17, 15) is 0 Å². The fourth-order valence-corrected chi connectivity index (χ4v) is 3.65. The number of fused-ring (bicyclic) bond motifs is 1. The van der Waals surface area contributed by atoms with Gasteiger partial charge in [-0.1, -0.05) is 12.1 Å². The number of likely N-dealkylation sites (tertiary alicyclic amines) is 1. The maximum absolute atomic E-state index is 4.95. The van der Waals surface area contributed by atoms with Crippen LogP contribution >= 0.6 is 0 Å². The van der Waals surface area contributed by atoms with Crippen molar-refractivity contribution in [1.29, 1.82) is 0 Å². The zero-order valence-electron chi connectivity index (χ0n) is 13.5. The molecule has 0 N–H and O–H groups in total. The smallest absolute Gasteiger partial charge is 0.137 e. The van der Waals surface area contributed by atoms with E-state index < -0.39 is 0 Å². The average molecular weight is 310 g/mol. The summed E-state index contributed by atoms with van der Waals surface area (Å²) in [6, 6.07) is 8.85. The summed E-state index contributed by atoms with van der Waals surface area (Å²) in [5, 5.41) is 4.20. The van der Waals surface area contributed by atoms with E-state index in [1.807, 2.05) is 4.68 Å². The second-order valence-corrected chi connectivity index (χ2v) is 6.06. The fraction of sp³-hybridized carbons (Fsp3) is 0.471. The van der Waals surface area contributed by atoms with E-state index in [4.69, 9.17) is 4.98 Å². The van der Waals surface area contributed by atoms with E-state index >= 15 is 0 Å². The Balaban J connectivity index is 1.60. The summed E-state index contributed by atoms with van der Waals surface area (Å²) in [6.45, 7) is 6.16. The molecular formula is C17H22N6. The second kappa shape index (κ2) is 6.12. The first kappa shape index (κ1) is 14.4. The molecule has 0 spiro atoms. The molecule has 6 heteroatoms. The van der Waals surface area contributed by atoms with Crippen LogP contribution in [0.15, 0.2) is 36.9 Å². The van der Waals surface area contributed by atoms with Gasteiger partial charge < -0.3 is 4.57 Å². The summed E-state index contributed by atoms with van der Waals surface area (Å²) in [4.78, 5) is 11.5. The van der Waals surface area contributed by atoms with Crippen LogP contribution in [0.1, 0.15) is 31.6 Å². The lowest BCUT2D eigenvalue weighted by Gasteiger charge is -2.24. The summed E-state index contributed by atoms with van der Waals surface area (Å²) in [5.74, 6) is 1.21. The van der Waals surface area contributed by atoms with Crippen LogP contribution < -0.4 is 0 Å². The number of rotatable bonds is 5. The number of benzene rings is 1. The van der Waals surface area contributed by atoms with Crippen molar-refractivity contribution in [2.24, 2.45) is 0 Å². The molecule has 0 amide bonds. The van der Waals surface area contributed by atoms with Gasteiger partial charge in [0.1, 0.15) is 18.5 Å². The number of imidazole rings is 1. The van der Waals surface area contributed by atoms with Crippen LogP contribution in [0.5, 0.6) is 0 Å². The molecule has 1 fully saturated rings. The molecular weight excluding hydrogens is 288 g/mol. The molecule has 120 valence electrons. The lowest BCUT2D eigenvalue weighted by Crippen LogP contribution is -2.29. The molecule has 23 heavy (non-hydrogen) atoms. The van der Waals surface area contributed by atoms with Crippen LogP contribution in [0.3, 0.4) is 0 Å². The summed E-state index contributed by atoms with van der Waals surface area (Å²) in [6.07, 6.45) is 5.79.